The van der Waals surface area contributed by atoms with E-state index in [0.29, 0.717) is 17.1 Å². The Balaban J connectivity index is 1.62. The van der Waals surface area contributed by atoms with E-state index in [1.54, 1.807) is 0 Å². The summed E-state index contributed by atoms with van der Waals surface area (Å²) in [4.78, 5) is 48.4. The maximum Gasteiger partial charge on any atom is 0.322 e. The number of carbonyl (C=O) groups excluding carboxylic acids is 2. The predicted octanol–water partition coefficient (Wildman–Crippen LogP) is -0.485. The first-order chi connectivity index (χ1) is 12.5. The number of nitrogens with zero attached hydrogens (tertiary/aromatic N) is 3. The maximum atomic E-state index is 11.6. The van der Waals surface area contributed by atoms with E-state index in [1.807, 2.05) is 0 Å². The van der Waals surface area contributed by atoms with Gasteiger partial charge < -0.3 is 26.5 Å². The number of nitrogens with one attached hydrogen (secondary N) is 3. The largest absolute Gasteiger partial charge is 0.480 e. The summed E-state index contributed by atoms with van der Waals surface area (Å²) in [6.45, 7) is -0.706. The molecule has 0 saturated carbocycles. The Bertz CT molecular complexity index is 795. The first kappa shape index (κ1) is 19.4. The lowest BCUT2D eigenvalue weighted by Crippen LogP contribution is -2.38. The highest BCUT2D eigenvalue weighted by molar-refractivity contribution is 7.99. The number of anilines is 1. The third-order valence-electron chi connectivity index (χ3n) is 3.19. The molecule has 2 heterocycles. The van der Waals surface area contributed by atoms with Crippen molar-refractivity contribution in [2.24, 2.45) is 0 Å². The molecule has 0 aromatic carbocycles. The Morgan fingerprint density at radius 3 is 2.69 bits per heavy atom. The fraction of sp³-hybridized carbons (Fsp3) is 0.429. The summed E-state index contributed by atoms with van der Waals surface area (Å²) in [6.07, 6.45) is 3.21. The molecule has 0 atom stereocenters. The molecular weight excluding hydrogens is 362 g/mol. The molecule has 2 aromatic heterocycles. The molecule has 12 heteroatoms. The summed E-state index contributed by atoms with van der Waals surface area (Å²) < 4.78 is 0. The van der Waals surface area contributed by atoms with Crippen LogP contribution in [-0.4, -0.2) is 61.7 Å². The number of carbonyl (C=O) groups is 3. The fourth-order valence-electron chi connectivity index (χ4n) is 1.99. The highest BCUT2D eigenvalue weighted by Gasteiger charge is 2.10. The van der Waals surface area contributed by atoms with E-state index in [1.165, 1.54) is 18.1 Å². The zero-order valence-electron chi connectivity index (χ0n) is 13.8. The fourth-order valence-corrected chi connectivity index (χ4v) is 2.98. The highest BCUT2D eigenvalue weighted by atomic mass is 32.2. The Kier molecular flexibility index (Phi) is 7.14. The predicted molar refractivity (Wildman–Crippen MR) is 94.3 cm³/mol. The van der Waals surface area contributed by atoms with Crippen LogP contribution in [0.3, 0.4) is 0 Å². The summed E-state index contributed by atoms with van der Waals surface area (Å²) in [6, 6.07) is 0. The van der Waals surface area contributed by atoms with Crippen LogP contribution in [0.15, 0.2) is 11.4 Å². The number of hydrogen-bond donors (Lipinski definition) is 5. The molecule has 2 rings (SSSR count). The first-order valence-corrected chi connectivity index (χ1v) is 8.79. The quantitative estimate of drug-likeness (QED) is 0.206. The van der Waals surface area contributed by atoms with Crippen molar-refractivity contribution in [2.45, 2.75) is 24.3 Å². The van der Waals surface area contributed by atoms with E-state index in [9.17, 15) is 14.4 Å². The monoisotopic (exact) mass is 381 g/mol. The number of aromatic amines is 1. The van der Waals surface area contributed by atoms with Gasteiger partial charge in [0.2, 0.25) is 17.8 Å². The van der Waals surface area contributed by atoms with Crippen molar-refractivity contribution in [3.05, 3.63) is 6.33 Å². The zero-order chi connectivity index (χ0) is 18.9. The molecule has 0 fully saturated rings. The Hall–Kier alpha value is -2.89. The minimum absolute atomic E-state index is 0.160. The van der Waals surface area contributed by atoms with Crippen LogP contribution >= 0.6 is 11.8 Å². The van der Waals surface area contributed by atoms with Crippen LogP contribution < -0.4 is 16.4 Å². The van der Waals surface area contributed by atoms with E-state index in [-0.39, 0.29) is 24.8 Å². The molecule has 0 radical (unpaired) electrons. The van der Waals surface area contributed by atoms with E-state index < -0.39 is 18.4 Å². The van der Waals surface area contributed by atoms with Gasteiger partial charge in [-0.05, 0) is 18.6 Å². The van der Waals surface area contributed by atoms with Crippen molar-refractivity contribution >= 4 is 46.7 Å². The molecule has 0 unspecified atom stereocenters. The summed E-state index contributed by atoms with van der Waals surface area (Å²) in [5, 5.41) is 13.7. The molecule has 0 aliphatic rings. The van der Waals surface area contributed by atoms with Crippen LogP contribution in [0.5, 0.6) is 0 Å². The van der Waals surface area contributed by atoms with Crippen LogP contribution in [0, 0.1) is 0 Å². The third kappa shape index (κ3) is 6.20. The number of nitrogens with two attached hydrogens (primary N) is 1. The number of aliphatic carboxylic acids is 1. The zero-order valence-corrected chi connectivity index (χ0v) is 14.6. The number of hydrogen-bond acceptors (Lipinski definition) is 8. The number of aromatic nitrogens is 4. The topological polar surface area (TPSA) is 176 Å². The molecule has 11 nitrogen and oxygen atoms in total. The van der Waals surface area contributed by atoms with Gasteiger partial charge in [-0.1, -0.05) is 0 Å². The molecule has 0 aliphatic heterocycles. The maximum absolute atomic E-state index is 11.6. The van der Waals surface area contributed by atoms with Crippen LogP contribution in [0.25, 0.3) is 11.2 Å². The molecule has 2 amide bonds. The van der Waals surface area contributed by atoms with E-state index in [4.69, 9.17) is 10.8 Å². The number of unbranched alkanes of at least 4 members (excludes halogenated alkanes) is 1. The second kappa shape index (κ2) is 9.56. The second-order valence-electron chi connectivity index (χ2n) is 5.24. The van der Waals surface area contributed by atoms with Gasteiger partial charge in [0, 0.05) is 6.42 Å². The van der Waals surface area contributed by atoms with Gasteiger partial charge in [-0.3, -0.25) is 14.4 Å². The molecule has 0 spiro atoms. The lowest BCUT2D eigenvalue weighted by molar-refractivity contribution is -0.137. The molecule has 2 aromatic rings. The van der Waals surface area contributed by atoms with E-state index in [0.717, 1.165) is 17.7 Å². The number of imidazole rings is 1. The van der Waals surface area contributed by atoms with Crippen molar-refractivity contribution in [1.82, 2.24) is 30.6 Å². The van der Waals surface area contributed by atoms with Gasteiger partial charge in [0.1, 0.15) is 17.1 Å². The average Bonchev–Trinajstić information content (AvgIpc) is 3.06. The summed E-state index contributed by atoms with van der Waals surface area (Å²) in [7, 11) is 0. The molecule has 26 heavy (non-hydrogen) atoms. The first-order valence-electron chi connectivity index (χ1n) is 7.80. The van der Waals surface area contributed by atoms with Gasteiger partial charge in [-0.2, -0.15) is 4.98 Å². The number of H-pyrrole nitrogens is 1. The van der Waals surface area contributed by atoms with Gasteiger partial charge in [0.05, 0.1) is 12.9 Å². The number of thioether (sulfide) groups is 1. The van der Waals surface area contributed by atoms with E-state index in [2.05, 4.69) is 30.6 Å². The lowest BCUT2D eigenvalue weighted by atomic mass is 10.2. The number of amides is 2. The summed E-state index contributed by atoms with van der Waals surface area (Å²) in [5.41, 5.74) is 6.89. The van der Waals surface area contributed by atoms with Crippen molar-refractivity contribution in [3.63, 3.8) is 0 Å². The van der Waals surface area contributed by atoms with Gasteiger partial charge in [0.15, 0.2) is 5.65 Å². The number of nitrogen functional groups attached to an aromatic ring is 1. The van der Waals surface area contributed by atoms with Gasteiger partial charge >= 0.3 is 5.97 Å². The minimum atomic E-state index is -1.14. The molecule has 0 bridgehead atoms. The minimum Gasteiger partial charge on any atom is -0.480 e. The standard InChI is InChI=1S/C14H19N7O4S/c15-14-20-12-11(18-7-19-12)13(21-14)26-4-2-1-3-8(22)16-5-9(23)17-6-10(24)25/h7H,1-6H2,(H,16,22)(H,17,23)(H,24,25)(H3,15,18,19,20,21). The Morgan fingerprint density at radius 2 is 1.92 bits per heavy atom. The molecule has 140 valence electrons. The van der Waals surface area contributed by atoms with Gasteiger partial charge in [-0.25, -0.2) is 9.97 Å². The van der Waals surface area contributed by atoms with Crippen molar-refractivity contribution < 1.29 is 19.5 Å². The number of carboxylic acid groups (broad SMARTS) is 1. The van der Waals surface area contributed by atoms with Crippen LogP contribution in [-0.2, 0) is 14.4 Å². The third-order valence-corrected chi connectivity index (χ3v) is 4.25. The summed E-state index contributed by atoms with van der Waals surface area (Å²) >= 11 is 1.49. The molecule has 0 saturated heterocycles. The number of rotatable bonds is 10. The van der Waals surface area contributed by atoms with Gasteiger partial charge in [-0.15, -0.1) is 11.8 Å². The second-order valence-corrected chi connectivity index (χ2v) is 6.32. The van der Waals surface area contributed by atoms with Crippen LogP contribution in [0.1, 0.15) is 19.3 Å². The smallest absolute Gasteiger partial charge is 0.322 e. The summed E-state index contributed by atoms with van der Waals surface area (Å²) in [5.74, 6) is -1.05. The number of fused-ring (bicyclic) bond motifs is 1. The van der Waals surface area contributed by atoms with E-state index >= 15 is 0 Å². The van der Waals surface area contributed by atoms with Crippen molar-refractivity contribution in [3.8, 4) is 0 Å². The molecular formula is C14H19N7O4S. The average molecular weight is 381 g/mol. The molecule has 0 aliphatic carbocycles. The van der Waals surface area contributed by atoms with Crippen molar-refractivity contribution in [1.29, 1.82) is 0 Å². The van der Waals surface area contributed by atoms with Crippen LogP contribution in [0.2, 0.25) is 0 Å². The van der Waals surface area contributed by atoms with Crippen LogP contribution in [0.4, 0.5) is 5.95 Å². The van der Waals surface area contributed by atoms with Gasteiger partial charge in [0.25, 0.3) is 0 Å². The normalized spacial score (nSPS) is 10.6. The Labute approximate surface area is 152 Å². The highest BCUT2D eigenvalue weighted by Crippen LogP contribution is 2.24. The number of carboxylic acids is 1. The SMILES string of the molecule is Nc1nc(SCCCCC(=O)NCC(=O)NCC(=O)O)c2[nH]cnc2n1. The Morgan fingerprint density at radius 1 is 1.15 bits per heavy atom. The van der Waals surface area contributed by atoms with Crippen molar-refractivity contribution in [2.75, 3.05) is 24.6 Å². The lowest BCUT2D eigenvalue weighted by Gasteiger charge is -2.06. The molecule has 6 N–H and O–H groups in total.